The molecule has 3 atom stereocenters. The van der Waals surface area contributed by atoms with Crippen molar-refractivity contribution in [3.05, 3.63) is 65.7 Å². The van der Waals surface area contributed by atoms with Gasteiger partial charge in [0.05, 0.1) is 5.25 Å². The summed E-state index contributed by atoms with van der Waals surface area (Å²) < 4.78 is 0. The molecule has 10 nitrogen and oxygen atoms in total. The summed E-state index contributed by atoms with van der Waals surface area (Å²) in [7, 11) is 0. The summed E-state index contributed by atoms with van der Waals surface area (Å²) in [6.45, 7) is 2.80. The smallest absolute Gasteiger partial charge is 0.246 e. The van der Waals surface area contributed by atoms with Crippen LogP contribution in [0.25, 0.3) is 0 Å². The van der Waals surface area contributed by atoms with E-state index in [2.05, 4.69) is 16.0 Å². The minimum absolute atomic E-state index is 0.135. The van der Waals surface area contributed by atoms with Crippen LogP contribution in [0.15, 0.2) is 54.6 Å². The SMILES string of the molecule is CSC1CC(=O)N(CCCCCC(=O)N[C@@H](Cc2ccccc2)C(=O)N[C@@H](CCCCN)C(=O)Nc2ccc(C)cc2)C1=O. The molecule has 1 aliphatic heterocycles. The average Bonchev–Trinajstić information content (AvgIpc) is 3.29. The van der Waals surface area contributed by atoms with Gasteiger partial charge in [-0.15, -0.1) is 0 Å². The third-order valence-corrected chi connectivity index (χ3v) is 8.54. The Hall–Kier alpha value is -3.70. The Labute approximate surface area is 264 Å². The van der Waals surface area contributed by atoms with Gasteiger partial charge in [-0.05, 0) is 69.5 Å². The molecule has 1 unspecified atom stereocenters. The second-order valence-corrected chi connectivity index (χ2v) is 12.2. The third-order valence-electron chi connectivity index (χ3n) is 7.61. The van der Waals surface area contributed by atoms with Gasteiger partial charge in [0.25, 0.3) is 0 Å². The highest BCUT2D eigenvalue weighted by Crippen LogP contribution is 2.23. The number of rotatable bonds is 18. The minimum Gasteiger partial charge on any atom is -0.344 e. The van der Waals surface area contributed by atoms with Crippen molar-refractivity contribution in [3.8, 4) is 0 Å². The Bertz CT molecular complexity index is 1260. The first-order valence-corrected chi connectivity index (χ1v) is 16.6. The number of amides is 5. The number of carbonyl (C=O) groups excluding carboxylic acids is 5. The average molecular weight is 624 g/mol. The molecule has 1 fully saturated rings. The number of hydrogen-bond donors (Lipinski definition) is 4. The highest BCUT2D eigenvalue weighted by atomic mass is 32.2. The number of nitrogens with two attached hydrogens (primary N) is 1. The van der Waals surface area contributed by atoms with E-state index in [0.717, 1.165) is 11.1 Å². The van der Waals surface area contributed by atoms with E-state index in [-0.39, 0.29) is 48.1 Å². The van der Waals surface area contributed by atoms with Crippen molar-refractivity contribution in [1.82, 2.24) is 15.5 Å². The molecule has 2 aromatic carbocycles. The molecule has 0 bridgehead atoms. The number of nitrogens with zero attached hydrogens (tertiary/aromatic N) is 1. The van der Waals surface area contributed by atoms with Gasteiger partial charge in [-0.3, -0.25) is 28.9 Å². The molecule has 3 rings (SSSR count). The predicted molar refractivity (Wildman–Crippen MR) is 174 cm³/mol. The number of anilines is 1. The number of hydrogen-bond acceptors (Lipinski definition) is 7. The number of carbonyl (C=O) groups is 5. The van der Waals surface area contributed by atoms with Crippen LogP contribution in [-0.4, -0.2) is 71.1 Å². The van der Waals surface area contributed by atoms with Gasteiger partial charge in [-0.1, -0.05) is 54.4 Å². The molecule has 11 heteroatoms. The molecule has 44 heavy (non-hydrogen) atoms. The van der Waals surface area contributed by atoms with Crippen molar-refractivity contribution in [3.63, 3.8) is 0 Å². The van der Waals surface area contributed by atoms with Crippen LogP contribution < -0.4 is 21.7 Å². The number of thioether (sulfide) groups is 1. The summed E-state index contributed by atoms with van der Waals surface area (Å²) in [6.07, 6.45) is 6.14. The van der Waals surface area contributed by atoms with E-state index in [1.54, 1.807) is 0 Å². The van der Waals surface area contributed by atoms with Crippen LogP contribution in [-0.2, 0) is 30.4 Å². The maximum Gasteiger partial charge on any atom is 0.246 e. The second kappa shape index (κ2) is 18.2. The molecule has 5 amide bonds. The van der Waals surface area contributed by atoms with Crippen molar-refractivity contribution in [1.29, 1.82) is 0 Å². The lowest BCUT2D eigenvalue weighted by atomic mass is 10.0. The molecular weight excluding hydrogens is 578 g/mol. The Morgan fingerprint density at radius 1 is 0.909 bits per heavy atom. The van der Waals surface area contributed by atoms with Crippen LogP contribution in [0.4, 0.5) is 5.69 Å². The fourth-order valence-corrected chi connectivity index (χ4v) is 5.67. The maximum atomic E-state index is 13.6. The maximum absolute atomic E-state index is 13.6. The lowest BCUT2D eigenvalue weighted by molar-refractivity contribution is -0.138. The Balaban J connectivity index is 1.58. The van der Waals surface area contributed by atoms with Crippen molar-refractivity contribution in [2.24, 2.45) is 5.73 Å². The van der Waals surface area contributed by atoms with Gasteiger partial charge in [-0.2, -0.15) is 11.8 Å². The van der Waals surface area contributed by atoms with Gasteiger partial charge in [0.15, 0.2) is 0 Å². The van der Waals surface area contributed by atoms with Crippen molar-refractivity contribution in [2.75, 3.05) is 24.7 Å². The lowest BCUT2D eigenvalue weighted by Crippen LogP contribution is -2.53. The van der Waals surface area contributed by atoms with Gasteiger partial charge in [0, 0.05) is 31.5 Å². The molecular formula is C33H45N5O5S. The number of benzene rings is 2. The fraction of sp³-hybridized carbons (Fsp3) is 0.485. The summed E-state index contributed by atoms with van der Waals surface area (Å²) in [5.41, 5.74) is 8.24. The molecule has 1 saturated heterocycles. The highest BCUT2D eigenvalue weighted by molar-refractivity contribution is 8.00. The zero-order chi connectivity index (χ0) is 31.9. The molecule has 0 aromatic heterocycles. The predicted octanol–water partition coefficient (Wildman–Crippen LogP) is 3.33. The Kier molecular flexibility index (Phi) is 14.4. The van der Waals surface area contributed by atoms with E-state index >= 15 is 0 Å². The summed E-state index contributed by atoms with van der Waals surface area (Å²) in [5, 5.41) is 8.33. The molecule has 0 spiro atoms. The summed E-state index contributed by atoms with van der Waals surface area (Å²) in [6, 6.07) is 15.1. The number of unbranched alkanes of at least 4 members (excludes halogenated alkanes) is 3. The van der Waals surface area contributed by atoms with Crippen molar-refractivity contribution in [2.45, 2.75) is 82.0 Å². The van der Waals surface area contributed by atoms with Crippen LogP contribution in [0, 0.1) is 6.92 Å². The van der Waals surface area contributed by atoms with Crippen LogP contribution >= 0.6 is 11.8 Å². The van der Waals surface area contributed by atoms with Gasteiger partial charge in [0.2, 0.25) is 29.5 Å². The Morgan fingerprint density at radius 2 is 1.64 bits per heavy atom. The van der Waals surface area contributed by atoms with Gasteiger partial charge in [0.1, 0.15) is 12.1 Å². The first-order chi connectivity index (χ1) is 21.2. The first kappa shape index (κ1) is 34.8. The lowest BCUT2D eigenvalue weighted by Gasteiger charge is -2.23. The Morgan fingerprint density at radius 3 is 2.30 bits per heavy atom. The molecule has 1 aliphatic rings. The van der Waals surface area contributed by atoms with Crippen LogP contribution in [0.1, 0.15) is 62.5 Å². The fourth-order valence-electron chi connectivity index (χ4n) is 5.03. The summed E-state index contributed by atoms with van der Waals surface area (Å²) in [4.78, 5) is 65.5. The molecule has 0 aliphatic carbocycles. The topological polar surface area (TPSA) is 151 Å². The second-order valence-electron chi connectivity index (χ2n) is 11.1. The number of imide groups is 1. The zero-order valence-electron chi connectivity index (χ0n) is 25.7. The quantitative estimate of drug-likeness (QED) is 0.147. The molecule has 1 heterocycles. The molecule has 238 valence electrons. The van der Waals surface area contributed by atoms with Crippen molar-refractivity contribution < 1.29 is 24.0 Å². The standard InChI is InChI=1S/C33H45N5O5S/c1-23-15-17-25(18-16-23)35-31(41)26(13-8-9-19-34)37-32(42)27(21-24-11-5-3-6-12-24)36-29(39)14-7-4-10-20-38-30(40)22-28(44-2)33(38)43/h3,5-6,11-12,15-18,26-28H,4,7-10,13-14,19-22,34H2,1-2H3,(H,35,41)(H,36,39)(H,37,42)/t26-,27-,28?/m0/s1. The monoisotopic (exact) mass is 623 g/mol. The first-order valence-electron chi connectivity index (χ1n) is 15.3. The van der Waals surface area contributed by atoms with Crippen LogP contribution in [0.2, 0.25) is 0 Å². The third kappa shape index (κ3) is 11.1. The normalized spacial score (nSPS) is 16.0. The van der Waals surface area contributed by atoms with Gasteiger partial charge in [-0.25, -0.2) is 0 Å². The van der Waals surface area contributed by atoms with Gasteiger partial charge >= 0.3 is 0 Å². The van der Waals surface area contributed by atoms with E-state index < -0.39 is 18.0 Å². The molecule has 2 aromatic rings. The zero-order valence-corrected chi connectivity index (χ0v) is 26.5. The number of likely N-dealkylation sites (tertiary alicyclic amines) is 1. The minimum atomic E-state index is -0.877. The summed E-state index contributed by atoms with van der Waals surface area (Å²) >= 11 is 1.39. The van der Waals surface area contributed by atoms with Crippen molar-refractivity contribution >= 4 is 47.0 Å². The highest BCUT2D eigenvalue weighted by Gasteiger charge is 2.37. The van der Waals surface area contributed by atoms with Crippen LogP contribution in [0.3, 0.4) is 0 Å². The van der Waals surface area contributed by atoms with Gasteiger partial charge < -0.3 is 21.7 Å². The number of aryl methyl sites for hydroxylation is 1. The van der Waals surface area contributed by atoms with E-state index in [0.29, 0.717) is 57.3 Å². The van der Waals surface area contributed by atoms with E-state index in [1.807, 2.05) is 67.8 Å². The van der Waals surface area contributed by atoms with E-state index in [1.165, 1.54) is 16.7 Å². The van der Waals surface area contributed by atoms with E-state index in [4.69, 9.17) is 5.73 Å². The molecule has 0 saturated carbocycles. The largest absolute Gasteiger partial charge is 0.344 e. The summed E-state index contributed by atoms with van der Waals surface area (Å²) in [5.74, 6) is -1.32. The molecule has 0 radical (unpaired) electrons. The van der Waals surface area contributed by atoms with Crippen LogP contribution in [0.5, 0.6) is 0 Å². The van der Waals surface area contributed by atoms with E-state index in [9.17, 15) is 24.0 Å². The molecule has 5 N–H and O–H groups in total. The number of nitrogens with one attached hydrogen (secondary N) is 3.